The summed E-state index contributed by atoms with van der Waals surface area (Å²) in [6.07, 6.45) is 2.00. The molecule has 1 aromatic heterocycles. The van der Waals surface area contributed by atoms with E-state index < -0.39 is 0 Å². The van der Waals surface area contributed by atoms with E-state index in [1.807, 2.05) is 0 Å². The van der Waals surface area contributed by atoms with Crippen LogP contribution in [-0.2, 0) is 12.8 Å². The van der Waals surface area contributed by atoms with Gasteiger partial charge in [0, 0.05) is 11.8 Å². The summed E-state index contributed by atoms with van der Waals surface area (Å²) in [7, 11) is 0. The zero-order valence-electron chi connectivity index (χ0n) is 10.1. The van der Waals surface area contributed by atoms with Gasteiger partial charge in [0.15, 0.2) is 0 Å². The average Bonchev–Trinajstić information content (AvgIpc) is 2.71. The minimum atomic E-state index is 0.964. The molecular formula is C14H17NS. The van der Waals surface area contributed by atoms with Crippen LogP contribution in [0.4, 0.5) is 0 Å². The second-order valence-corrected chi connectivity index (χ2v) is 5.12. The Morgan fingerprint density at radius 2 is 2.00 bits per heavy atom. The topological polar surface area (TPSA) is 12.9 Å². The Morgan fingerprint density at radius 3 is 2.62 bits per heavy atom. The quantitative estimate of drug-likeness (QED) is 0.780. The molecular weight excluding hydrogens is 214 g/mol. The lowest BCUT2D eigenvalue weighted by molar-refractivity contribution is 1.02. The summed E-state index contributed by atoms with van der Waals surface area (Å²) in [5.41, 5.74) is 5.30. The van der Waals surface area contributed by atoms with E-state index >= 15 is 0 Å². The SMILES string of the molecule is CCc1csc(Cc2ccc(C)c(C)c2)n1. The molecule has 0 saturated heterocycles. The molecule has 0 amide bonds. The lowest BCUT2D eigenvalue weighted by Crippen LogP contribution is -1.90. The summed E-state index contributed by atoms with van der Waals surface area (Å²) in [5, 5.41) is 3.39. The first kappa shape index (κ1) is 11.3. The minimum Gasteiger partial charge on any atom is -0.246 e. The van der Waals surface area contributed by atoms with Gasteiger partial charge in [0.05, 0.1) is 10.7 Å². The molecule has 1 heterocycles. The molecule has 0 unspecified atom stereocenters. The van der Waals surface area contributed by atoms with Crippen LogP contribution in [0.15, 0.2) is 23.6 Å². The van der Waals surface area contributed by atoms with E-state index in [4.69, 9.17) is 0 Å². The Bertz CT molecular complexity index is 485. The molecule has 84 valence electrons. The number of benzene rings is 1. The predicted octanol–water partition coefficient (Wildman–Crippen LogP) is 3.91. The molecule has 0 aliphatic rings. The van der Waals surface area contributed by atoms with Crippen LogP contribution in [0.5, 0.6) is 0 Å². The van der Waals surface area contributed by atoms with Crippen LogP contribution < -0.4 is 0 Å². The lowest BCUT2D eigenvalue weighted by Gasteiger charge is -2.03. The van der Waals surface area contributed by atoms with Crippen LogP contribution in [0.1, 0.15) is 34.3 Å². The van der Waals surface area contributed by atoms with Gasteiger partial charge in [-0.3, -0.25) is 0 Å². The molecule has 0 radical (unpaired) electrons. The average molecular weight is 231 g/mol. The number of aromatic nitrogens is 1. The third-order valence-electron chi connectivity index (χ3n) is 2.89. The molecule has 0 saturated carbocycles. The first-order chi connectivity index (χ1) is 7.69. The monoisotopic (exact) mass is 231 g/mol. The molecule has 0 bridgehead atoms. The Kier molecular flexibility index (Phi) is 3.39. The number of thiazole rings is 1. The first-order valence-electron chi connectivity index (χ1n) is 5.68. The number of nitrogens with zero attached hydrogens (tertiary/aromatic N) is 1. The molecule has 0 fully saturated rings. The summed E-state index contributed by atoms with van der Waals surface area (Å²) in [5.74, 6) is 0. The number of rotatable bonds is 3. The fourth-order valence-corrected chi connectivity index (χ4v) is 2.59. The molecule has 1 nitrogen and oxygen atoms in total. The zero-order valence-corrected chi connectivity index (χ0v) is 10.9. The van der Waals surface area contributed by atoms with Gasteiger partial charge in [-0.1, -0.05) is 25.1 Å². The molecule has 2 rings (SSSR count). The zero-order chi connectivity index (χ0) is 11.5. The molecule has 0 aliphatic heterocycles. The largest absolute Gasteiger partial charge is 0.246 e. The lowest BCUT2D eigenvalue weighted by atomic mass is 10.0. The second kappa shape index (κ2) is 4.79. The first-order valence-corrected chi connectivity index (χ1v) is 6.56. The van der Waals surface area contributed by atoms with E-state index in [1.54, 1.807) is 11.3 Å². The van der Waals surface area contributed by atoms with Crippen LogP contribution >= 0.6 is 11.3 Å². The van der Waals surface area contributed by atoms with Gasteiger partial charge in [-0.05, 0) is 37.0 Å². The van der Waals surface area contributed by atoms with E-state index in [2.05, 4.69) is 49.3 Å². The van der Waals surface area contributed by atoms with Gasteiger partial charge in [0.25, 0.3) is 0 Å². The highest BCUT2D eigenvalue weighted by molar-refractivity contribution is 7.09. The van der Waals surface area contributed by atoms with Crippen molar-refractivity contribution in [2.45, 2.75) is 33.6 Å². The normalized spacial score (nSPS) is 10.7. The molecule has 2 heteroatoms. The van der Waals surface area contributed by atoms with Crippen LogP contribution in [0.2, 0.25) is 0 Å². The van der Waals surface area contributed by atoms with Crippen molar-refractivity contribution in [3.8, 4) is 0 Å². The van der Waals surface area contributed by atoms with Gasteiger partial charge in [0.2, 0.25) is 0 Å². The predicted molar refractivity (Wildman–Crippen MR) is 70.2 cm³/mol. The standard InChI is InChI=1S/C14H17NS/c1-4-13-9-16-14(15-13)8-12-6-5-10(2)11(3)7-12/h5-7,9H,4,8H2,1-3H3. The van der Waals surface area contributed by atoms with Crippen molar-refractivity contribution in [1.82, 2.24) is 4.98 Å². The number of hydrogen-bond donors (Lipinski definition) is 0. The smallest absolute Gasteiger partial charge is 0.0972 e. The van der Waals surface area contributed by atoms with Gasteiger partial charge in [-0.25, -0.2) is 4.98 Å². The highest BCUT2D eigenvalue weighted by atomic mass is 32.1. The molecule has 0 spiro atoms. The maximum Gasteiger partial charge on any atom is 0.0972 e. The highest BCUT2D eigenvalue weighted by Crippen LogP contribution is 2.17. The van der Waals surface area contributed by atoms with E-state index in [-0.39, 0.29) is 0 Å². The summed E-state index contributed by atoms with van der Waals surface area (Å²) in [6, 6.07) is 6.66. The number of hydrogen-bond acceptors (Lipinski definition) is 2. The van der Waals surface area contributed by atoms with Crippen molar-refractivity contribution in [3.63, 3.8) is 0 Å². The Balaban J connectivity index is 2.17. The molecule has 0 aliphatic carbocycles. The summed E-state index contributed by atoms with van der Waals surface area (Å²) in [4.78, 5) is 4.59. The fraction of sp³-hybridized carbons (Fsp3) is 0.357. The van der Waals surface area contributed by atoms with Crippen molar-refractivity contribution < 1.29 is 0 Å². The van der Waals surface area contributed by atoms with Crippen molar-refractivity contribution in [1.29, 1.82) is 0 Å². The summed E-state index contributed by atoms with van der Waals surface area (Å²) < 4.78 is 0. The van der Waals surface area contributed by atoms with E-state index in [1.165, 1.54) is 27.4 Å². The maximum atomic E-state index is 4.59. The Hall–Kier alpha value is -1.15. The van der Waals surface area contributed by atoms with Crippen molar-refractivity contribution in [2.75, 3.05) is 0 Å². The number of aryl methyl sites for hydroxylation is 3. The highest BCUT2D eigenvalue weighted by Gasteiger charge is 2.03. The minimum absolute atomic E-state index is 0.964. The molecule has 1 aromatic carbocycles. The summed E-state index contributed by atoms with van der Waals surface area (Å²) in [6.45, 7) is 6.46. The van der Waals surface area contributed by atoms with Crippen molar-refractivity contribution in [2.24, 2.45) is 0 Å². The Labute approximate surface area is 101 Å². The van der Waals surface area contributed by atoms with Gasteiger partial charge in [0.1, 0.15) is 0 Å². The van der Waals surface area contributed by atoms with Crippen molar-refractivity contribution >= 4 is 11.3 Å². The third kappa shape index (κ3) is 2.50. The molecule has 2 aromatic rings. The van der Waals surface area contributed by atoms with Gasteiger partial charge in [-0.15, -0.1) is 11.3 Å². The molecule has 0 atom stereocenters. The van der Waals surface area contributed by atoms with Crippen LogP contribution in [-0.4, -0.2) is 4.98 Å². The van der Waals surface area contributed by atoms with Crippen LogP contribution in [0.25, 0.3) is 0 Å². The van der Waals surface area contributed by atoms with E-state index in [0.29, 0.717) is 0 Å². The van der Waals surface area contributed by atoms with Crippen LogP contribution in [0, 0.1) is 13.8 Å². The van der Waals surface area contributed by atoms with Gasteiger partial charge >= 0.3 is 0 Å². The van der Waals surface area contributed by atoms with Crippen LogP contribution in [0.3, 0.4) is 0 Å². The fourth-order valence-electron chi connectivity index (χ4n) is 1.68. The third-order valence-corrected chi connectivity index (χ3v) is 3.79. The Morgan fingerprint density at radius 1 is 1.19 bits per heavy atom. The second-order valence-electron chi connectivity index (χ2n) is 4.18. The van der Waals surface area contributed by atoms with Crippen molar-refractivity contribution in [3.05, 3.63) is 51.0 Å². The summed E-state index contributed by atoms with van der Waals surface area (Å²) >= 11 is 1.77. The molecule has 0 N–H and O–H groups in total. The molecule has 16 heavy (non-hydrogen) atoms. The van der Waals surface area contributed by atoms with Gasteiger partial charge in [-0.2, -0.15) is 0 Å². The van der Waals surface area contributed by atoms with E-state index in [9.17, 15) is 0 Å². The maximum absolute atomic E-state index is 4.59. The van der Waals surface area contributed by atoms with Gasteiger partial charge < -0.3 is 0 Å². The van der Waals surface area contributed by atoms with E-state index in [0.717, 1.165) is 12.8 Å².